The van der Waals surface area contributed by atoms with Crippen molar-refractivity contribution in [3.8, 4) is 5.75 Å². The molecule has 1 aromatic heterocycles. The lowest BCUT2D eigenvalue weighted by Crippen LogP contribution is -2.28. The van der Waals surface area contributed by atoms with Crippen LogP contribution in [0.3, 0.4) is 0 Å². The van der Waals surface area contributed by atoms with Crippen LogP contribution >= 0.6 is 0 Å². The average molecular weight is 302 g/mol. The molecule has 1 heterocycles. The Morgan fingerprint density at radius 3 is 2.55 bits per heavy atom. The number of hydrogen-bond acceptors (Lipinski definition) is 4. The van der Waals surface area contributed by atoms with Crippen molar-refractivity contribution in [3.63, 3.8) is 0 Å². The van der Waals surface area contributed by atoms with Crippen molar-refractivity contribution in [2.75, 3.05) is 20.8 Å². The Morgan fingerprint density at radius 2 is 1.91 bits per heavy atom. The summed E-state index contributed by atoms with van der Waals surface area (Å²) < 4.78 is 11.8. The van der Waals surface area contributed by atoms with E-state index >= 15 is 0 Å². The standard InChI is InChI=1S/C17H22N2O3/c1-21-12-4-11-19-10-3-5-15(17(19)20)16(18)13-6-8-14(22-2)9-7-13/h3,5-10,16H,4,11-12,18H2,1-2H3. The molecule has 1 unspecified atom stereocenters. The molecule has 0 saturated carbocycles. The zero-order chi connectivity index (χ0) is 15.9. The molecule has 0 spiro atoms. The van der Waals surface area contributed by atoms with Crippen LogP contribution in [0.1, 0.15) is 23.6 Å². The minimum absolute atomic E-state index is 0.0538. The van der Waals surface area contributed by atoms with Gasteiger partial charge in [-0.25, -0.2) is 0 Å². The fourth-order valence-corrected chi connectivity index (χ4v) is 2.34. The van der Waals surface area contributed by atoms with Gasteiger partial charge in [0.15, 0.2) is 0 Å². The van der Waals surface area contributed by atoms with Gasteiger partial charge in [-0.15, -0.1) is 0 Å². The summed E-state index contributed by atoms with van der Waals surface area (Å²) in [4.78, 5) is 12.5. The van der Waals surface area contributed by atoms with Crippen molar-refractivity contribution in [2.45, 2.75) is 19.0 Å². The quantitative estimate of drug-likeness (QED) is 0.794. The number of ether oxygens (including phenoxy) is 2. The summed E-state index contributed by atoms with van der Waals surface area (Å²) in [6, 6.07) is 10.6. The van der Waals surface area contributed by atoms with Crippen LogP contribution in [0.4, 0.5) is 0 Å². The van der Waals surface area contributed by atoms with Gasteiger partial charge in [0, 0.05) is 32.0 Å². The van der Waals surface area contributed by atoms with E-state index in [-0.39, 0.29) is 5.56 Å². The normalized spacial score (nSPS) is 12.1. The van der Waals surface area contributed by atoms with E-state index in [9.17, 15) is 4.79 Å². The molecule has 118 valence electrons. The van der Waals surface area contributed by atoms with Gasteiger partial charge in [-0.1, -0.05) is 18.2 Å². The van der Waals surface area contributed by atoms with Crippen molar-refractivity contribution >= 4 is 0 Å². The molecule has 0 amide bonds. The molecular weight excluding hydrogens is 280 g/mol. The minimum Gasteiger partial charge on any atom is -0.497 e. The topological polar surface area (TPSA) is 66.5 Å². The van der Waals surface area contributed by atoms with Gasteiger partial charge in [-0.05, 0) is 30.2 Å². The summed E-state index contributed by atoms with van der Waals surface area (Å²) in [7, 11) is 3.27. The first kappa shape index (κ1) is 16.3. The maximum atomic E-state index is 12.5. The van der Waals surface area contributed by atoms with Gasteiger partial charge >= 0.3 is 0 Å². The molecule has 0 aliphatic rings. The predicted molar refractivity (Wildman–Crippen MR) is 86.2 cm³/mol. The predicted octanol–water partition coefficient (Wildman–Crippen LogP) is 1.94. The van der Waals surface area contributed by atoms with E-state index in [1.54, 1.807) is 31.0 Å². The zero-order valence-corrected chi connectivity index (χ0v) is 13.0. The molecule has 0 aliphatic carbocycles. The Hall–Kier alpha value is -2.11. The van der Waals surface area contributed by atoms with Gasteiger partial charge in [0.1, 0.15) is 5.75 Å². The number of nitrogens with zero attached hydrogens (tertiary/aromatic N) is 1. The third-order valence-electron chi connectivity index (χ3n) is 3.61. The van der Waals surface area contributed by atoms with Crippen molar-refractivity contribution in [3.05, 3.63) is 64.1 Å². The lowest BCUT2D eigenvalue weighted by Gasteiger charge is -2.14. The highest BCUT2D eigenvalue weighted by Gasteiger charge is 2.14. The van der Waals surface area contributed by atoms with Crippen LogP contribution in [0, 0.1) is 0 Å². The molecule has 0 radical (unpaired) electrons. The molecule has 2 N–H and O–H groups in total. The molecule has 0 fully saturated rings. The average Bonchev–Trinajstić information content (AvgIpc) is 2.56. The smallest absolute Gasteiger partial charge is 0.255 e. The van der Waals surface area contributed by atoms with Crippen LogP contribution in [0.2, 0.25) is 0 Å². The summed E-state index contributed by atoms with van der Waals surface area (Å²) in [5.74, 6) is 0.765. The number of rotatable bonds is 7. The number of aryl methyl sites for hydroxylation is 1. The van der Waals surface area contributed by atoms with Gasteiger partial charge in [0.05, 0.1) is 13.2 Å². The van der Waals surface area contributed by atoms with Crippen LogP contribution in [0.25, 0.3) is 0 Å². The van der Waals surface area contributed by atoms with E-state index in [1.807, 2.05) is 30.3 Å². The van der Waals surface area contributed by atoms with Crippen molar-refractivity contribution in [1.82, 2.24) is 4.57 Å². The van der Waals surface area contributed by atoms with E-state index in [1.165, 1.54) is 0 Å². The lowest BCUT2D eigenvalue weighted by molar-refractivity contribution is 0.190. The third-order valence-corrected chi connectivity index (χ3v) is 3.61. The Balaban J connectivity index is 2.23. The summed E-state index contributed by atoms with van der Waals surface area (Å²) in [5, 5.41) is 0. The molecule has 5 heteroatoms. The second-order valence-corrected chi connectivity index (χ2v) is 5.06. The Labute approximate surface area is 130 Å². The maximum Gasteiger partial charge on any atom is 0.255 e. The highest BCUT2D eigenvalue weighted by atomic mass is 16.5. The van der Waals surface area contributed by atoms with Gasteiger partial charge in [0.25, 0.3) is 5.56 Å². The number of methoxy groups -OCH3 is 2. The largest absolute Gasteiger partial charge is 0.497 e. The second-order valence-electron chi connectivity index (χ2n) is 5.06. The Kier molecular flexibility index (Phi) is 5.75. The first-order valence-corrected chi connectivity index (χ1v) is 7.25. The van der Waals surface area contributed by atoms with E-state index in [4.69, 9.17) is 15.2 Å². The van der Waals surface area contributed by atoms with Crippen LogP contribution < -0.4 is 16.0 Å². The number of benzene rings is 1. The minimum atomic E-state index is -0.451. The number of pyridine rings is 1. The van der Waals surface area contributed by atoms with Gasteiger partial charge in [-0.3, -0.25) is 4.79 Å². The van der Waals surface area contributed by atoms with Gasteiger partial charge in [0.2, 0.25) is 0 Å². The van der Waals surface area contributed by atoms with E-state index in [0.717, 1.165) is 17.7 Å². The van der Waals surface area contributed by atoms with Crippen molar-refractivity contribution < 1.29 is 9.47 Å². The second kappa shape index (κ2) is 7.77. The summed E-state index contributed by atoms with van der Waals surface area (Å²) in [6.45, 7) is 1.25. The van der Waals surface area contributed by atoms with Crippen LogP contribution in [-0.4, -0.2) is 25.4 Å². The maximum absolute atomic E-state index is 12.5. The highest BCUT2D eigenvalue weighted by Crippen LogP contribution is 2.19. The molecule has 0 bridgehead atoms. The summed E-state index contributed by atoms with van der Waals surface area (Å²) in [5.41, 5.74) is 7.67. The molecule has 5 nitrogen and oxygen atoms in total. The fourth-order valence-electron chi connectivity index (χ4n) is 2.34. The fraction of sp³-hybridized carbons (Fsp3) is 0.353. The van der Waals surface area contributed by atoms with E-state index in [2.05, 4.69) is 0 Å². The molecule has 2 rings (SSSR count). The van der Waals surface area contributed by atoms with Crippen LogP contribution in [-0.2, 0) is 11.3 Å². The van der Waals surface area contributed by atoms with Gasteiger partial charge < -0.3 is 19.8 Å². The first-order valence-electron chi connectivity index (χ1n) is 7.25. The van der Waals surface area contributed by atoms with Crippen LogP contribution in [0.5, 0.6) is 5.75 Å². The summed E-state index contributed by atoms with van der Waals surface area (Å²) in [6.07, 6.45) is 2.57. The van der Waals surface area contributed by atoms with Crippen molar-refractivity contribution in [1.29, 1.82) is 0 Å². The molecule has 1 aromatic carbocycles. The third kappa shape index (κ3) is 3.75. The molecule has 0 saturated heterocycles. The molecule has 2 aromatic rings. The van der Waals surface area contributed by atoms with E-state index in [0.29, 0.717) is 18.7 Å². The number of hydrogen-bond donors (Lipinski definition) is 1. The van der Waals surface area contributed by atoms with Crippen LogP contribution in [0.15, 0.2) is 47.4 Å². The van der Waals surface area contributed by atoms with E-state index < -0.39 is 6.04 Å². The number of nitrogens with two attached hydrogens (primary N) is 1. The molecule has 22 heavy (non-hydrogen) atoms. The van der Waals surface area contributed by atoms with Crippen molar-refractivity contribution in [2.24, 2.45) is 5.73 Å². The zero-order valence-electron chi connectivity index (χ0n) is 13.0. The highest BCUT2D eigenvalue weighted by molar-refractivity contribution is 5.34. The number of aromatic nitrogens is 1. The monoisotopic (exact) mass is 302 g/mol. The lowest BCUT2D eigenvalue weighted by atomic mass is 10.0. The first-order chi connectivity index (χ1) is 10.7. The Bertz CT molecular complexity index is 650. The molecular formula is C17H22N2O3. The summed E-state index contributed by atoms with van der Waals surface area (Å²) >= 11 is 0. The molecule has 0 aliphatic heterocycles. The SMILES string of the molecule is COCCCn1cccc(C(N)c2ccc(OC)cc2)c1=O. The van der Waals surface area contributed by atoms with Gasteiger partial charge in [-0.2, -0.15) is 0 Å². The molecule has 1 atom stereocenters. The Morgan fingerprint density at radius 1 is 1.18 bits per heavy atom.